The number of anilines is 2. The summed E-state index contributed by atoms with van der Waals surface area (Å²) in [6.45, 7) is 2.41. The third-order valence-electron chi connectivity index (χ3n) is 3.40. The molecule has 8 heteroatoms. The normalized spacial score (nSPS) is 10.5. The number of rotatable bonds is 6. The average Bonchev–Trinajstić information content (AvgIpc) is 3.02. The van der Waals surface area contributed by atoms with E-state index in [1.165, 1.54) is 6.33 Å². The maximum Gasteiger partial charge on any atom is 0.275 e. The zero-order chi connectivity index (χ0) is 17.6. The smallest absolute Gasteiger partial charge is 0.275 e. The second-order valence-electron chi connectivity index (χ2n) is 5.37. The molecule has 0 aliphatic carbocycles. The van der Waals surface area contributed by atoms with Crippen molar-refractivity contribution in [2.45, 2.75) is 13.3 Å². The van der Waals surface area contributed by atoms with Gasteiger partial charge in [0.25, 0.3) is 5.91 Å². The molecule has 0 unspecified atom stereocenters. The minimum Gasteiger partial charge on any atom is -0.370 e. The molecular formula is C17H16ClN5O2. The first-order valence-electron chi connectivity index (χ1n) is 7.65. The quantitative estimate of drug-likeness (QED) is 0.702. The lowest BCUT2D eigenvalue weighted by Crippen LogP contribution is -2.15. The summed E-state index contributed by atoms with van der Waals surface area (Å²) in [6, 6.07) is 10.9. The number of carbonyl (C=O) groups is 1. The van der Waals surface area contributed by atoms with Crippen LogP contribution in [0.5, 0.6) is 0 Å². The average molecular weight is 358 g/mol. The van der Waals surface area contributed by atoms with Gasteiger partial charge in [-0.3, -0.25) is 4.79 Å². The second kappa shape index (κ2) is 7.76. The molecule has 2 heterocycles. The summed E-state index contributed by atoms with van der Waals surface area (Å²) in [4.78, 5) is 20.3. The first-order chi connectivity index (χ1) is 12.1. The molecular weight excluding hydrogens is 342 g/mol. The Kier molecular flexibility index (Phi) is 5.25. The highest BCUT2D eigenvalue weighted by Crippen LogP contribution is 2.12. The van der Waals surface area contributed by atoms with Gasteiger partial charge in [0.2, 0.25) is 0 Å². The highest BCUT2D eigenvalue weighted by atomic mass is 35.5. The molecule has 128 valence electrons. The minimum absolute atomic E-state index is 0.240. The van der Waals surface area contributed by atoms with Crippen LogP contribution in [-0.2, 0) is 6.42 Å². The molecule has 0 saturated heterocycles. The van der Waals surface area contributed by atoms with Gasteiger partial charge in [0.15, 0.2) is 5.82 Å². The van der Waals surface area contributed by atoms with Gasteiger partial charge < -0.3 is 15.2 Å². The number of aromatic nitrogens is 3. The van der Waals surface area contributed by atoms with Crippen molar-refractivity contribution in [3.8, 4) is 0 Å². The Bertz CT molecular complexity index is 863. The summed E-state index contributed by atoms with van der Waals surface area (Å²) >= 11 is 5.87. The maximum atomic E-state index is 12.2. The zero-order valence-electron chi connectivity index (χ0n) is 13.5. The molecule has 3 rings (SSSR count). The Morgan fingerprint density at radius 1 is 1.16 bits per heavy atom. The Morgan fingerprint density at radius 3 is 2.68 bits per heavy atom. The van der Waals surface area contributed by atoms with Crippen LogP contribution < -0.4 is 10.6 Å². The van der Waals surface area contributed by atoms with Gasteiger partial charge in [-0.15, -0.1) is 0 Å². The summed E-state index contributed by atoms with van der Waals surface area (Å²) in [7, 11) is 0. The van der Waals surface area contributed by atoms with Crippen LogP contribution in [0.3, 0.4) is 0 Å². The lowest BCUT2D eigenvalue weighted by molar-refractivity contribution is 0.102. The van der Waals surface area contributed by atoms with E-state index in [1.807, 2.05) is 24.3 Å². The van der Waals surface area contributed by atoms with E-state index in [2.05, 4.69) is 25.8 Å². The molecule has 0 bridgehead atoms. The molecule has 0 radical (unpaired) electrons. The Hall–Kier alpha value is -2.93. The molecule has 1 aromatic carbocycles. The van der Waals surface area contributed by atoms with Crippen molar-refractivity contribution in [2.24, 2.45) is 0 Å². The standard InChI is InChI=1S/C17H16ClN5O2/c1-11-8-16(23-25-11)22-17(24)14-9-15(21-10-20-14)19-7-6-12-2-4-13(18)5-3-12/h2-5,8-10H,6-7H2,1H3,(H,19,20,21)(H,22,23,24). The molecule has 0 aliphatic heterocycles. The van der Waals surface area contributed by atoms with E-state index in [1.54, 1.807) is 19.1 Å². The van der Waals surface area contributed by atoms with Gasteiger partial charge in [-0.05, 0) is 31.0 Å². The van der Waals surface area contributed by atoms with Crippen molar-refractivity contribution in [1.82, 2.24) is 15.1 Å². The van der Waals surface area contributed by atoms with Gasteiger partial charge in [0, 0.05) is 23.7 Å². The Balaban J connectivity index is 1.57. The van der Waals surface area contributed by atoms with E-state index >= 15 is 0 Å². The van der Waals surface area contributed by atoms with Crippen molar-refractivity contribution in [2.75, 3.05) is 17.2 Å². The van der Waals surface area contributed by atoms with E-state index in [0.29, 0.717) is 29.0 Å². The van der Waals surface area contributed by atoms with Crippen LogP contribution in [0.2, 0.25) is 5.02 Å². The monoisotopic (exact) mass is 357 g/mol. The minimum atomic E-state index is -0.378. The van der Waals surface area contributed by atoms with Crippen molar-refractivity contribution in [3.05, 3.63) is 64.8 Å². The SMILES string of the molecule is Cc1cc(NC(=O)c2cc(NCCc3ccc(Cl)cc3)ncn2)no1. The predicted molar refractivity (Wildman–Crippen MR) is 94.9 cm³/mol. The molecule has 0 saturated carbocycles. The molecule has 7 nitrogen and oxygen atoms in total. The summed E-state index contributed by atoms with van der Waals surface area (Å²) in [5.74, 6) is 1.16. The number of hydrogen-bond donors (Lipinski definition) is 2. The van der Waals surface area contributed by atoms with Gasteiger partial charge in [-0.25, -0.2) is 9.97 Å². The van der Waals surface area contributed by atoms with Crippen LogP contribution in [0.1, 0.15) is 21.8 Å². The Labute approximate surface area is 149 Å². The van der Waals surface area contributed by atoms with Crippen LogP contribution in [0, 0.1) is 6.92 Å². The van der Waals surface area contributed by atoms with Gasteiger partial charge >= 0.3 is 0 Å². The van der Waals surface area contributed by atoms with Crippen molar-refractivity contribution in [1.29, 1.82) is 0 Å². The van der Waals surface area contributed by atoms with Crippen LogP contribution in [-0.4, -0.2) is 27.6 Å². The first-order valence-corrected chi connectivity index (χ1v) is 8.03. The van der Waals surface area contributed by atoms with Crippen LogP contribution in [0.15, 0.2) is 47.2 Å². The van der Waals surface area contributed by atoms with E-state index in [0.717, 1.165) is 12.0 Å². The second-order valence-corrected chi connectivity index (χ2v) is 5.81. The third-order valence-corrected chi connectivity index (χ3v) is 3.65. The molecule has 0 aliphatic rings. The number of nitrogens with one attached hydrogen (secondary N) is 2. The molecule has 2 aromatic heterocycles. The van der Waals surface area contributed by atoms with E-state index in [9.17, 15) is 4.79 Å². The predicted octanol–water partition coefficient (Wildman–Crippen LogP) is 3.33. The molecule has 2 N–H and O–H groups in total. The summed E-state index contributed by atoms with van der Waals surface area (Å²) in [6.07, 6.45) is 2.15. The fourth-order valence-corrected chi connectivity index (χ4v) is 2.30. The first kappa shape index (κ1) is 16.9. The zero-order valence-corrected chi connectivity index (χ0v) is 14.2. The number of carbonyl (C=O) groups excluding carboxylic acids is 1. The molecule has 1 amide bonds. The maximum absolute atomic E-state index is 12.2. The number of halogens is 1. The summed E-state index contributed by atoms with van der Waals surface area (Å²) in [5, 5.41) is 10.2. The molecule has 0 atom stereocenters. The lowest BCUT2D eigenvalue weighted by Gasteiger charge is -2.07. The number of benzene rings is 1. The van der Waals surface area contributed by atoms with E-state index in [4.69, 9.17) is 16.1 Å². The molecule has 3 aromatic rings. The van der Waals surface area contributed by atoms with E-state index < -0.39 is 0 Å². The van der Waals surface area contributed by atoms with Gasteiger partial charge in [0.05, 0.1) is 0 Å². The number of aryl methyl sites for hydroxylation is 1. The van der Waals surface area contributed by atoms with Gasteiger partial charge in [-0.2, -0.15) is 0 Å². The van der Waals surface area contributed by atoms with Crippen molar-refractivity contribution >= 4 is 29.1 Å². The Morgan fingerprint density at radius 2 is 1.96 bits per heavy atom. The number of amides is 1. The molecule has 0 fully saturated rings. The van der Waals surface area contributed by atoms with Crippen LogP contribution >= 0.6 is 11.6 Å². The topological polar surface area (TPSA) is 92.9 Å². The van der Waals surface area contributed by atoms with E-state index in [-0.39, 0.29) is 11.6 Å². The fraction of sp³-hybridized carbons (Fsp3) is 0.176. The molecule has 25 heavy (non-hydrogen) atoms. The highest BCUT2D eigenvalue weighted by Gasteiger charge is 2.11. The van der Waals surface area contributed by atoms with Crippen molar-refractivity contribution < 1.29 is 9.32 Å². The van der Waals surface area contributed by atoms with Gasteiger partial charge in [0.1, 0.15) is 23.6 Å². The summed E-state index contributed by atoms with van der Waals surface area (Å²) < 4.78 is 4.91. The van der Waals surface area contributed by atoms with Gasteiger partial charge in [-0.1, -0.05) is 28.9 Å². The third kappa shape index (κ3) is 4.77. The lowest BCUT2D eigenvalue weighted by atomic mass is 10.1. The largest absolute Gasteiger partial charge is 0.370 e. The highest BCUT2D eigenvalue weighted by molar-refractivity contribution is 6.30. The van der Waals surface area contributed by atoms with Crippen LogP contribution in [0.4, 0.5) is 11.6 Å². The van der Waals surface area contributed by atoms with Crippen molar-refractivity contribution in [3.63, 3.8) is 0 Å². The summed E-state index contributed by atoms with van der Waals surface area (Å²) in [5.41, 5.74) is 1.40. The fourth-order valence-electron chi connectivity index (χ4n) is 2.17. The number of nitrogens with zero attached hydrogens (tertiary/aromatic N) is 3. The number of hydrogen-bond acceptors (Lipinski definition) is 6. The molecule has 0 spiro atoms. The van der Waals surface area contributed by atoms with Crippen LogP contribution in [0.25, 0.3) is 0 Å².